The van der Waals surface area contributed by atoms with Crippen molar-refractivity contribution in [3.05, 3.63) is 59.7 Å². The van der Waals surface area contributed by atoms with E-state index in [0.29, 0.717) is 19.5 Å². The molecule has 2 aromatic carbocycles. The molecular formula is C25H28N2O5. The molecule has 0 unspecified atom stereocenters. The molecule has 2 aromatic rings. The van der Waals surface area contributed by atoms with Gasteiger partial charge in [-0.2, -0.15) is 0 Å². The van der Waals surface area contributed by atoms with Crippen LogP contribution in [0.4, 0.5) is 4.79 Å². The molecule has 0 bridgehead atoms. The lowest BCUT2D eigenvalue weighted by Gasteiger charge is -2.16. The molecule has 1 saturated heterocycles. The van der Waals surface area contributed by atoms with Crippen LogP contribution in [0.25, 0.3) is 11.1 Å². The Kier molecular flexibility index (Phi) is 6.44. The topological polar surface area (TPSA) is 95.9 Å². The van der Waals surface area contributed by atoms with Gasteiger partial charge in [0, 0.05) is 32.0 Å². The maximum absolute atomic E-state index is 12.3. The van der Waals surface area contributed by atoms with Crippen LogP contribution in [-0.2, 0) is 14.3 Å². The minimum atomic E-state index is -0.857. The zero-order valence-electron chi connectivity index (χ0n) is 18.1. The highest BCUT2D eigenvalue weighted by Gasteiger charge is 2.36. The summed E-state index contributed by atoms with van der Waals surface area (Å²) in [6.07, 6.45) is 0.244. The lowest BCUT2D eigenvalue weighted by atomic mass is 9.98. The number of aliphatic carboxylic acids is 1. The van der Waals surface area contributed by atoms with Crippen molar-refractivity contribution < 1.29 is 24.2 Å². The summed E-state index contributed by atoms with van der Waals surface area (Å²) in [5.41, 5.74) is 4.67. The van der Waals surface area contributed by atoms with Crippen LogP contribution in [0, 0.1) is 11.8 Å². The Bertz CT molecular complexity index is 975. The molecule has 2 aliphatic rings. The number of amides is 2. The second kappa shape index (κ2) is 9.42. The van der Waals surface area contributed by atoms with Gasteiger partial charge in [-0.25, -0.2) is 4.79 Å². The number of rotatable bonds is 7. The van der Waals surface area contributed by atoms with Gasteiger partial charge in [-0.3, -0.25) is 9.59 Å². The Balaban J connectivity index is 1.21. The van der Waals surface area contributed by atoms with Crippen LogP contribution in [0.1, 0.15) is 36.8 Å². The van der Waals surface area contributed by atoms with Gasteiger partial charge in [0.2, 0.25) is 5.91 Å². The van der Waals surface area contributed by atoms with E-state index in [1.165, 1.54) is 11.1 Å². The zero-order chi connectivity index (χ0) is 22.7. The molecule has 168 valence electrons. The largest absolute Gasteiger partial charge is 0.481 e. The molecule has 32 heavy (non-hydrogen) atoms. The fourth-order valence-electron chi connectivity index (χ4n) is 4.73. The van der Waals surface area contributed by atoms with E-state index < -0.39 is 18.0 Å². The van der Waals surface area contributed by atoms with E-state index in [1.807, 2.05) is 31.2 Å². The Morgan fingerprint density at radius 1 is 1.03 bits per heavy atom. The van der Waals surface area contributed by atoms with Gasteiger partial charge in [0.15, 0.2) is 0 Å². The Morgan fingerprint density at radius 3 is 2.25 bits per heavy atom. The molecule has 2 N–H and O–H groups in total. The van der Waals surface area contributed by atoms with Crippen LogP contribution >= 0.6 is 0 Å². The number of ether oxygens (including phenoxy) is 1. The number of hydrogen-bond donors (Lipinski definition) is 2. The van der Waals surface area contributed by atoms with E-state index in [-0.39, 0.29) is 37.3 Å². The van der Waals surface area contributed by atoms with E-state index in [1.54, 1.807) is 4.90 Å². The van der Waals surface area contributed by atoms with Gasteiger partial charge in [0.25, 0.3) is 0 Å². The van der Waals surface area contributed by atoms with Crippen LogP contribution in [-0.4, -0.2) is 54.2 Å². The summed E-state index contributed by atoms with van der Waals surface area (Å²) in [5.74, 6) is -1.47. The SMILES string of the molecule is C[C@@H]1CN(C(=O)CCCNC(=O)OCC2c3ccccc3-c3ccccc32)C[C@H]1C(=O)O. The van der Waals surface area contributed by atoms with Gasteiger partial charge >= 0.3 is 12.1 Å². The molecule has 7 heteroatoms. The second-order valence-corrected chi connectivity index (χ2v) is 8.58. The predicted molar refractivity (Wildman–Crippen MR) is 119 cm³/mol. The summed E-state index contributed by atoms with van der Waals surface area (Å²) >= 11 is 0. The van der Waals surface area contributed by atoms with Crippen LogP contribution < -0.4 is 5.32 Å². The molecule has 0 radical (unpaired) electrons. The average molecular weight is 437 g/mol. The number of fused-ring (bicyclic) bond motifs is 3. The molecule has 7 nitrogen and oxygen atoms in total. The van der Waals surface area contributed by atoms with Crippen molar-refractivity contribution in [1.29, 1.82) is 0 Å². The number of likely N-dealkylation sites (tertiary alicyclic amines) is 1. The lowest BCUT2D eigenvalue weighted by molar-refractivity contribution is -0.142. The maximum atomic E-state index is 12.3. The first kappa shape index (κ1) is 21.9. The standard InChI is InChI=1S/C25H28N2O5/c1-16-13-27(14-21(16)24(29)30)23(28)11-6-12-26-25(31)32-15-22-19-9-4-2-7-17(19)18-8-3-5-10-20(18)22/h2-5,7-10,16,21-22H,6,11-15H2,1H3,(H,26,31)(H,29,30)/t16-,21-/m1/s1. The van der Waals surface area contributed by atoms with Crippen molar-refractivity contribution in [2.75, 3.05) is 26.2 Å². The minimum Gasteiger partial charge on any atom is -0.481 e. The van der Waals surface area contributed by atoms with Crippen molar-refractivity contribution in [2.45, 2.75) is 25.7 Å². The fraction of sp³-hybridized carbons (Fsp3) is 0.400. The molecule has 1 heterocycles. The van der Waals surface area contributed by atoms with Crippen molar-refractivity contribution in [1.82, 2.24) is 10.2 Å². The molecule has 0 aromatic heterocycles. The highest BCUT2D eigenvalue weighted by atomic mass is 16.5. The first-order valence-electron chi connectivity index (χ1n) is 11.0. The molecule has 1 aliphatic carbocycles. The third-order valence-corrected chi connectivity index (χ3v) is 6.46. The normalized spacial score (nSPS) is 19.3. The minimum absolute atomic E-state index is 0.00839. The number of hydrogen-bond acceptors (Lipinski definition) is 4. The summed E-state index contributed by atoms with van der Waals surface area (Å²) in [6, 6.07) is 16.3. The van der Waals surface area contributed by atoms with Crippen LogP contribution in [0.3, 0.4) is 0 Å². The summed E-state index contributed by atoms with van der Waals surface area (Å²) in [7, 11) is 0. The quantitative estimate of drug-likeness (QED) is 0.648. The van der Waals surface area contributed by atoms with Crippen molar-refractivity contribution >= 4 is 18.0 Å². The number of alkyl carbamates (subject to hydrolysis) is 1. The van der Waals surface area contributed by atoms with Gasteiger partial charge in [-0.1, -0.05) is 55.5 Å². The van der Waals surface area contributed by atoms with Gasteiger partial charge in [-0.15, -0.1) is 0 Å². The summed E-state index contributed by atoms with van der Waals surface area (Å²) < 4.78 is 5.49. The molecule has 4 rings (SSSR count). The van der Waals surface area contributed by atoms with E-state index in [0.717, 1.165) is 11.1 Å². The number of nitrogens with one attached hydrogen (secondary N) is 1. The van der Waals surface area contributed by atoms with Crippen LogP contribution in [0.15, 0.2) is 48.5 Å². The molecule has 1 fully saturated rings. The summed E-state index contributed by atoms with van der Waals surface area (Å²) in [5, 5.41) is 11.9. The number of nitrogens with zero attached hydrogens (tertiary/aromatic N) is 1. The molecule has 1 aliphatic heterocycles. The van der Waals surface area contributed by atoms with Gasteiger partial charge < -0.3 is 20.1 Å². The number of carboxylic acids is 1. The van der Waals surface area contributed by atoms with E-state index in [2.05, 4.69) is 29.6 Å². The number of carbonyl (C=O) groups is 3. The predicted octanol–water partition coefficient (Wildman–Crippen LogP) is 3.48. The average Bonchev–Trinajstić information content (AvgIpc) is 3.33. The molecule has 0 spiro atoms. The first-order chi connectivity index (χ1) is 15.5. The highest BCUT2D eigenvalue weighted by Crippen LogP contribution is 2.44. The van der Waals surface area contributed by atoms with Crippen molar-refractivity contribution in [2.24, 2.45) is 11.8 Å². The smallest absolute Gasteiger partial charge is 0.407 e. The second-order valence-electron chi connectivity index (χ2n) is 8.58. The number of benzene rings is 2. The maximum Gasteiger partial charge on any atom is 0.407 e. The Hall–Kier alpha value is -3.35. The van der Waals surface area contributed by atoms with Crippen molar-refractivity contribution in [3.63, 3.8) is 0 Å². The van der Waals surface area contributed by atoms with Gasteiger partial charge in [-0.05, 0) is 34.6 Å². The molecule has 2 atom stereocenters. The van der Waals surface area contributed by atoms with Crippen LogP contribution in [0.5, 0.6) is 0 Å². The van der Waals surface area contributed by atoms with Crippen molar-refractivity contribution in [3.8, 4) is 11.1 Å². The van der Waals surface area contributed by atoms with Gasteiger partial charge in [0.1, 0.15) is 6.61 Å². The third kappa shape index (κ3) is 4.47. The monoisotopic (exact) mass is 436 g/mol. The van der Waals surface area contributed by atoms with Crippen LogP contribution in [0.2, 0.25) is 0 Å². The van der Waals surface area contributed by atoms with E-state index >= 15 is 0 Å². The third-order valence-electron chi connectivity index (χ3n) is 6.46. The Labute approximate surface area is 187 Å². The Morgan fingerprint density at radius 2 is 1.66 bits per heavy atom. The number of carbonyl (C=O) groups excluding carboxylic acids is 2. The fourth-order valence-corrected chi connectivity index (χ4v) is 4.73. The highest BCUT2D eigenvalue weighted by molar-refractivity contribution is 5.80. The van der Waals surface area contributed by atoms with Gasteiger partial charge in [0.05, 0.1) is 5.92 Å². The lowest BCUT2D eigenvalue weighted by Crippen LogP contribution is -2.31. The first-order valence-corrected chi connectivity index (χ1v) is 11.0. The number of carboxylic acid groups (broad SMARTS) is 1. The summed E-state index contributed by atoms with van der Waals surface area (Å²) in [6.45, 7) is 3.16. The van der Waals surface area contributed by atoms with E-state index in [4.69, 9.17) is 4.74 Å². The molecule has 2 amide bonds. The molecule has 0 saturated carbocycles. The zero-order valence-corrected chi connectivity index (χ0v) is 18.1. The van der Waals surface area contributed by atoms with E-state index in [9.17, 15) is 19.5 Å². The molecular weight excluding hydrogens is 408 g/mol. The summed E-state index contributed by atoms with van der Waals surface area (Å²) in [4.78, 5) is 37.3.